The Labute approximate surface area is 141 Å². The van der Waals surface area contributed by atoms with Gasteiger partial charge < -0.3 is 4.90 Å². The molecule has 1 aromatic heterocycles. The normalized spacial score (nSPS) is 12.0. The summed E-state index contributed by atoms with van der Waals surface area (Å²) in [6.45, 7) is 1.53. The fourth-order valence-electron chi connectivity index (χ4n) is 1.84. The minimum atomic E-state index is -3.88. The van der Waals surface area contributed by atoms with E-state index in [-0.39, 0.29) is 21.4 Å². The van der Waals surface area contributed by atoms with E-state index in [1.54, 1.807) is 19.0 Å². The molecule has 10 heteroatoms. The van der Waals surface area contributed by atoms with Crippen molar-refractivity contribution in [2.45, 2.75) is 16.7 Å². The van der Waals surface area contributed by atoms with E-state index in [1.165, 1.54) is 43.6 Å². The van der Waals surface area contributed by atoms with Crippen LogP contribution < -0.4 is 9.62 Å². The molecule has 0 saturated heterocycles. The maximum atomic E-state index is 12.4. The first-order valence-corrected chi connectivity index (χ1v) is 10.1. The van der Waals surface area contributed by atoms with Gasteiger partial charge in [-0.3, -0.25) is 4.72 Å². The molecule has 24 heavy (non-hydrogen) atoms. The third-order valence-electron chi connectivity index (χ3n) is 3.22. The van der Waals surface area contributed by atoms with Crippen molar-refractivity contribution in [3.63, 3.8) is 0 Å². The summed E-state index contributed by atoms with van der Waals surface area (Å²) in [5.41, 5.74) is 0. The summed E-state index contributed by atoms with van der Waals surface area (Å²) in [6, 6.07) is 6.54. The first-order chi connectivity index (χ1) is 11.2. The van der Waals surface area contributed by atoms with Gasteiger partial charge in [-0.05, 0) is 24.3 Å². The molecule has 0 bridgehead atoms. The van der Waals surface area contributed by atoms with Crippen LogP contribution in [0.3, 0.4) is 0 Å². The van der Waals surface area contributed by atoms with Gasteiger partial charge in [0.25, 0.3) is 10.0 Å². The molecule has 0 aliphatic heterocycles. The zero-order valence-corrected chi connectivity index (χ0v) is 15.1. The summed E-state index contributed by atoms with van der Waals surface area (Å²) < 4.78 is 50.6. The van der Waals surface area contributed by atoms with E-state index < -0.39 is 19.9 Å². The molecule has 0 fully saturated rings. The van der Waals surface area contributed by atoms with Gasteiger partial charge in [-0.15, -0.1) is 0 Å². The molecule has 0 aliphatic carbocycles. The van der Waals surface area contributed by atoms with Gasteiger partial charge in [-0.25, -0.2) is 26.8 Å². The molecule has 0 atom stereocenters. The maximum Gasteiger partial charge on any atom is 0.263 e. The van der Waals surface area contributed by atoms with Crippen LogP contribution in [-0.4, -0.2) is 46.7 Å². The number of nitrogens with one attached hydrogen (secondary N) is 1. The molecular weight excluding hydrogens is 352 g/mol. The van der Waals surface area contributed by atoms with E-state index in [1.807, 2.05) is 0 Å². The second-order valence-corrected chi connectivity index (χ2v) is 9.10. The van der Waals surface area contributed by atoms with Crippen molar-refractivity contribution < 1.29 is 16.8 Å². The highest BCUT2D eigenvalue weighted by molar-refractivity contribution is 7.92. The van der Waals surface area contributed by atoms with Crippen LogP contribution in [0.25, 0.3) is 0 Å². The summed E-state index contributed by atoms with van der Waals surface area (Å²) in [4.78, 5) is 9.62. The minimum absolute atomic E-state index is 0.0500. The van der Waals surface area contributed by atoms with Crippen molar-refractivity contribution in [1.82, 2.24) is 9.97 Å². The predicted molar refractivity (Wildman–Crippen MR) is 91.3 cm³/mol. The van der Waals surface area contributed by atoms with Crippen molar-refractivity contribution in [3.05, 3.63) is 36.7 Å². The lowest BCUT2D eigenvalue weighted by molar-refractivity contribution is 0.595. The van der Waals surface area contributed by atoms with Crippen molar-refractivity contribution in [2.24, 2.45) is 0 Å². The molecule has 1 N–H and O–H groups in total. The summed E-state index contributed by atoms with van der Waals surface area (Å²) in [7, 11) is -3.71. The van der Waals surface area contributed by atoms with E-state index in [0.717, 1.165) is 0 Å². The summed E-state index contributed by atoms with van der Waals surface area (Å²) in [5.74, 6) is 0.622. The molecule has 0 aliphatic rings. The smallest absolute Gasteiger partial charge is 0.263 e. The Kier molecular flexibility index (Phi) is 5.09. The van der Waals surface area contributed by atoms with Gasteiger partial charge in [0, 0.05) is 20.2 Å². The Balaban J connectivity index is 2.29. The highest BCUT2D eigenvalue weighted by atomic mass is 32.2. The molecule has 0 spiro atoms. The molecule has 8 nitrogen and oxygen atoms in total. The highest BCUT2D eigenvalue weighted by Crippen LogP contribution is 2.19. The lowest BCUT2D eigenvalue weighted by Gasteiger charge is -2.12. The van der Waals surface area contributed by atoms with Gasteiger partial charge in [0.15, 0.2) is 9.84 Å². The Morgan fingerprint density at radius 1 is 1.00 bits per heavy atom. The third kappa shape index (κ3) is 4.01. The molecular formula is C14H18N4O4S2. The van der Waals surface area contributed by atoms with Crippen LogP contribution in [0.5, 0.6) is 0 Å². The van der Waals surface area contributed by atoms with Gasteiger partial charge in [0.05, 0.1) is 15.5 Å². The number of sulfonamides is 1. The lowest BCUT2D eigenvalue weighted by Crippen LogP contribution is -2.16. The first-order valence-electron chi connectivity index (χ1n) is 7.01. The monoisotopic (exact) mass is 370 g/mol. The average molecular weight is 370 g/mol. The van der Waals surface area contributed by atoms with Gasteiger partial charge in [0.2, 0.25) is 0 Å². The fraction of sp³-hybridized carbons (Fsp3) is 0.286. The maximum absolute atomic E-state index is 12.4. The Morgan fingerprint density at radius 3 is 2.12 bits per heavy atom. The van der Waals surface area contributed by atoms with Crippen LogP contribution in [-0.2, 0) is 19.9 Å². The minimum Gasteiger partial charge on any atom is -0.363 e. The standard InChI is InChI=1S/C14H18N4O4S2/c1-4-23(19,20)11-5-7-12(8-6-11)24(21,22)17-13-9-14(18(2)3)16-10-15-13/h5-10H,4H2,1-3H3,(H,15,16,17). The Hall–Kier alpha value is -2.20. The third-order valence-corrected chi connectivity index (χ3v) is 6.34. The van der Waals surface area contributed by atoms with Gasteiger partial charge in [0.1, 0.15) is 18.0 Å². The number of sulfone groups is 1. The molecule has 0 unspecified atom stereocenters. The van der Waals surface area contributed by atoms with Crippen LogP contribution >= 0.6 is 0 Å². The quantitative estimate of drug-likeness (QED) is 0.812. The van der Waals surface area contributed by atoms with Gasteiger partial charge >= 0.3 is 0 Å². The van der Waals surface area contributed by atoms with Crippen LogP contribution in [0.15, 0.2) is 46.5 Å². The second kappa shape index (κ2) is 6.73. The number of nitrogens with zero attached hydrogens (tertiary/aromatic N) is 3. The Bertz CT molecular complexity index is 924. The molecule has 0 saturated carbocycles. The largest absolute Gasteiger partial charge is 0.363 e. The van der Waals surface area contributed by atoms with E-state index in [2.05, 4.69) is 14.7 Å². The van der Waals surface area contributed by atoms with Crippen molar-refractivity contribution in [3.8, 4) is 0 Å². The molecule has 0 radical (unpaired) electrons. The zero-order valence-electron chi connectivity index (χ0n) is 13.5. The van der Waals surface area contributed by atoms with Crippen LogP contribution in [0.2, 0.25) is 0 Å². The molecule has 2 aromatic rings. The second-order valence-electron chi connectivity index (χ2n) is 5.14. The number of aromatic nitrogens is 2. The zero-order chi connectivity index (χ0) is 18.0. The molecule has 130 valence electrons. The number of benzene rings is 1. The lowest BCUT2D eigenvalue weighted by atomic mass is 10.4. The van der Waals surface area contributed by atoms with Crippen LogP contribution in [0.4, 0.5) is 11.6 Å². The summed E-state index contributed by atoms with van der Waals surface area (Å²) in [6.07, 6.45) is 1.25. The van der Waals surface area contributed by atoms with E-state index >= 15 is 0 Å². The van der Waals surface area contributed by atoms with Crippen LogP contribution in [0, 0.1) is 0 Å². The number of hydrogen-bond acceptors (Lipinski definition) is 7. The van der Waals surface area contributed by atoms with E-state index in [0.29, 0.717) is 5.82 Å². The van der Waals surface area contributed by atoms with Crippen molar-refractivity contribution in [2.75, 3.05) is 29.5 Å². The molecule has 1 heterocycles. The molecule has 0 amide bonds. The molecule has 1 aromatic carbocycles. The predicted octanol–water partition coefficient (Wildman–Crippen LogP) is 1.14. The van der Waals surface area contributed by atoms with Gasteiger partial charge in [-0.2, -0.15) is 0 Å². The first kappa shape index (κ1) is 18.1. The number of anilines is 2. The fourth-order valence-corrected chi connectivity index (χ4v) is 3.72. The van der Waals surface area contributed by atoms with Gasteiger partial charge in [-0.1, -0.05) is 6.92 Å². The number of rotatable bonds is 6. The molecule has 2 rings (SSSR count). The average Bonchev–Trinajstić information content (AvgIpc) is 2.54. The summed E-state index contributed by atoms with van der Waals surface area (Å²) >= 11 is 0. The topological polar surface area (TPSA) is 109 Å². The highest BCUT2D eigenvalue weighted by Gasteiger charge is 2.18. The van der Waals surface area contributed by atoms with Crippen molar-refractivity contribution in [1.29, 1.82) is 0 Å². The Morgan fingerprint density at radius 2 is 1.58 bits per heavy atom. The van der Waals surface area contributed by atoms with E-state index in [4.69, 9.17) is 0 Å². The van der Waals surface area contributed by atoms with Crippen LogP contribution in [0.1, 0.15) is 6.92 Å². The SMILES string of the molecule is CCS(=O)(=O)c1ccc(S(=O)(=O)Nc2cc(N(C)C)ncn2)cc1. The summed E-state index contributed by atoms with van der Waals surface area (Å²) in [5, 5.41) is 0. The number of hydrogen-bond donors (Lipinski definition) is 1. The van der Waals surface area contributed by atoms with Crippen molar-refractivity contribution >= 4 is 31.5 Å². The van der Waals surface area contributed by atoms with E-state index in [9.17, 15) is 16.8 Å².